The SMILES string of the molecule is CC.CN(C)C1CCC(Oc2ncnc3sc4c(c23)CNCC4)CC1. The van der Waals surface area contributed by atoms with Crippen molar-refractivity contribution < 1.29 is 4.74 Å². The zero-order valence-electron chi connectivity index (χ0n) is 15.8. The van der Waals surface area contributed by atoms with Gasteiger partial charge in [-0.25, -0.2) is 9.97 Å². The summed E-state index contributed by atoms with van der Waals surface area (Å²) in [5, 5.41) is 4.61. The van der Waals surface area contributed by atoms with Gasteiger partial charge in [-0.2, -0.15) is 0 Å². The fourth-order valence-corrected chi connectivity index (χ4v) is 4.89. The minimum atomic E-state index is 0.288. The van der Waals surface area contributed by atoms with E-state index in [1.807, 2.05) is 13.8 Å². The van der Waals surface area contributed by atoms with Crippen molar-refractivity contribution in [2.75, 3.05) is 20.6 Å². The van der Waals surface area contributed by atoms with Crippen molar-refractivity contribution in [3.05, 3.63) is 16.8 Å². The molecule has 1 aliphatic carbocycles. The summed E-state index contributed by atoms with van der Waals surface area (Å²) in [6, 6.07) is 0.693. The first-order chi connectivity index (χ1) is 12.2. The van der Waals surface area contributed by atoms with Crippen molar-refractivity contribution in [1.29, 1.82) is 0 Å². The van der Waals surface area contributed by atoms with E-state index in [-0.39, 0.29) is 6.10 Å². The highest BCUT2D eigenvalue weighted by Crippen LogP contribution is 2.37. The second-order valence-electron chi connectivity index (χ2n) is 6.80. The van der Waals surface area contributed by atoms with Crippen LogP contribution in [0.25, 0.3) is 10.2 Å². The third kappa shape index (κ3) is 3.96. The molecule has 1 fully saturated rings. The number of fused-ring (bicyclic) bond motifs is 3. The summed E-state index contributed by atoms with van der Waals surface area (Å²) < 4.78 is 6.33. The van der Waals surface area contributed by atoms with Crippen LogP contribution in [0.3, 0.4) is 0 Å². The Morgan fingerprint density at radius 1 is 1.16 bits per heavy atom. The van der Waals surface area contributed by atoms with Gasteiger partial charge in [0.15, 0.2) is 0 Å². The Bertz CT molecular complexity index is 692. The molecule has 6 heteroatoms. The fourth-order valence-electron chi connectivity index (χ4n) is 3.74. The standard InChI is InChI=1S/C17H24N4OS.C2H6/c1-21(2)11-3-5-12(6-4-11)22-16-15-13-9-18-8-7-14(13)23-17(15)20-10-19-16;1-2/h10-12,18H,3-9H2,1-2H3;1-2H3. The second-order valence-corrected chi connectivity index (χ2v) is 7.89. The molecule has 1 N–H and O–H groups in total. The van der Waals surface area contributed by atoms with Crippen molar-refractivity contribution >= 4 is 21.6 Å². The summed E-state index contributed by atoms with van der Waals surface area (Å²) in [6.07, 6.45) is 7.65. The number of aromatic nitrogens is 2. The van der Waals surface area contributed by atoms with Crippen molar-refractivity contribution in [1.82, 2.24) is 20.2 Å². The van der Waals surface area contributed by atoms with Gasteiger partial charge in [0.1, 0.15) is 17.3 Å². The van der Waals surface area contributed by atoms with E-state index < -0.39 is 0 Å². The predicted molar refractivity (Wildman–Crippen MR) is 105 cm³/mol. The number of hydrogen-bond acceptors (Lipinski definition) is 6. The summed E-state index contributed by atoms with van der Waals surface area (Å²) in [6.45, 7) is 5.96. The Morgan fingerprint density at radius 3 is 2.64 bits per heavy atom. The Labute approximate surface area is 154 Å². The third-order valence-corrected chi connectivity index (χ3v) is 6.32. The summed E-state index contributed by atoms with van der Waals surface area (Å²) in [5.41, 5.74) is 1.36. The Hall–Kier alpha value is -1.24. The van der Waals surface area contributed by atoms with Gasteiger partial charge in [0.05, 0.1) is 5.39 Å². The molecule has 5 nitrogen and oxygen atoms in total. The maximum absolute atomic E-state index is 6.33. The van der Waals surface area contributed by atoms with E-state index in [2.05, 4.69) is 34.3 Å². The van der Waals surface area contributed by atoms with Crippen LogP contribution >= 0.6 is 11.3 Å². The van der Waals surface area contributed by atoms with E-state index >= 15 is 0 Å². The molecule has 0 spiro atoms. The zero-order valence-corrected chi connectivity index (χ0v) is 16.7. The molecule has 138 valence electrons. The highest BCUT2D eigenvalue weighted by atomic mass is 32.1. The van der Waals surface area contributed by atoms with Crippen LogP contribution < -0.4 is 10.1 Å². The molecule has 0 amide bonds. The topological polar surface area (TPSA) is 50.3 Å². The van der Waals surface area contributed by atoms with Crippen molar-refractivity contribution in [3.8, 4) is 5.88 Å². The number of thiophene rings is 1. The first kappa shape index (κ1) is 18.5. The van der Waals surface area contributed by atoms with E-state index in [0.717, 1.165) is 48.4 Å². The molecule has 2 aromatic heterocycles. The van der Waals surface area contributed by atoms with E-state index in [0.29, 0.717) is 6.04 Å². The fraction of sp³-hybridized carbons (Fsp3) is 0.684. The summed E-state index contributed by atoms with van der Waals surface area (Å²) in [4.78, 5) is 13.8. The molecule has 2 aromatic rings. The molecule has 4 rings (SSSR count). The largest absolute Gasteiger partial charge is 0.474 e. The molecule has 0 radical (unpaired) electrons. The van der Waals surface area contributed by atoms with Crippen LogP contribution in [0.1, 0.15) is 50.0 Å². The van der Waals surface area contributed by atoms with E-state index in [9.17, 15) is 0 Å². The van der Waals surface area contributed by atoms with Gasteiger partial charge in [-0.05, 0) is 51.8 Å². The molecule has 1 aliphatic heterocycles. The molecule has 2 aliphatic rings. The van der Waals surface area contributed by atoms with Crippen LogP contribution in [0.5, 0.6) is 5.88 Å². The number of hydrogen-bond donors (Lipinski definition) is 1. The minimum Gasteiger partial charge on any atom is -0.474 e. The lowest BCUT2D eigenvalue weighted by Gasteiger charge is -2.32. The van der Waals surface area contributed by atoms with Gasteiger partial charge in [-0.15, -0.1) is 11.3 Å². The van der Waals surface area contributed by atoms with Gasteiger partial charge >= 0.3 is 0 Å². The van der Waals surface area contributed by atoms with Crippen molar-refractivity contribution in [2.45, 2.75) is 64.6 Å². The lowest BCUT2D eigenvalue weighted by Crippen LogP contribution is -2.35. The van der Waals surface area contributed by atoms with Crippen molar-refractivity contribution in [3.63, 3.8) is 0 Å². The summed E-state index contributed by atoms with van der Waals surface area (Å²) >= 11 is 1.80. The molecule has 0 unspecified atom stereocenters. The summed E-state index contributed by atoms with van der Waals surface area (Å²) in [5.74, 6) is 0.796. The molecule has 3 heterocycles. The molecular weight excluding hydrogens is 332 g/mol. The average molecular weight is 363 g/mol. The lowest BCUT2D eigenvalue weighted by molar-refractivity contribution is 0.108. The molecular formula is C19H30N4OS. The Balaban J connectivity index is 0.000000880. The maximum Gasteiger partial charge on any atom is 0.225 e. The van der Waals surface area contributed by atoms with Crippen LogP contribution in [0.2, 0.25) is 0 Å². The monoisotopic (exact) mass is 362 g/mol. The molecule has 0 bridgehead atoms. The zero-order chi connectivity index (χ0) is 17.8. The Kier molecular flexibility index (Phi) is 6.25. The first-order valence-electron chi connectivity index (χ1n) is 9.51. The van der Waals surface area contributed by atoms with E-state index in [1.54, 1.807) is 17.7 Å². The smallest absolute Gasteiger partial charge is 0.225 e. The van der Waals surface area contributed by atoms with Gasteiger partial charge in [-0.3, -0.25) is 0 Å². The van der Waals surface area contributed by atoms with Crippen LogP contribution in [-0.4, -0.2) is 47.7 Å². The number of rotatable bonds is 3. The van der Waals surface area contributed by atoms with Crippen molar-refractivity contribution in [2.24, 2.45) is 0 Å². The molecule has 0 saturated heterocycles. The van der Waals surface area contributed by atoms with Gasteiger partial charge in [-0.1, -0.05) is 13.8 Å². The highest BCUT2D eigenvalue weighted by molar-refractivity contribution is 7.18. The maximum atomic E-state index is 6.33. The predicted octanol–water partition coefficient (Wildman–Crippen LogP) is 3.61. The van der Waals surface area contributed by atoms with Gasteiger partial charge in [0, 0.05) is 24.0 Å². The molecule has 1 saturated carbocycles. The van der Waals surface area contributed by atoms with Crippen LogP contribution in [0, 0.1) is 0 Å². The van der Waals surface area contributed by atoms with Gasteiger partial charge in [0.2, 0.25) is 5.88 Å². The number of nitrogens with zero attached hydrogens (tertiary/aromatic N) is 3. The first-order valence-corrected chi connectivity index (χ1v) is 10.3. The highest BCUT2D eigenvalue weighted by Gasteiger charge is 2.26. The minimum absolute atomic E-state index is 0.288. The second kappa shape index (κ2) is 8.43. The number of ether oxygens (including phenoxy) is 1. The molecule has 0 aromatic carbocycles. The van der Waals surface area contributed by atoms with E-state index in [1.165, 1.54) is 23.3 Å². The lowest BCUT2D eigenvalue weighted by atomic mass is 9.92. The molecule has 0 atom stereocenters. The third-order valence-electron chi connectivity index (χ3n) is 5.12. The molecule has 25 heavy (non-hydrogen) atoms. The van der Waals surface area contributed by atoms with Crippen LogP contribution in [0.4, 0.5) is 0 Å². The van der Waals surface area contributed by atoms with Crippen LogP contribution in [-0.2, 0) is 13.0 Å². The van der Waals surface area contributed by atoms with Gasteiger partial charge < -0.3 is 15.0 Å². The average Bonchev–Trinajstić information content (AvgIpc) is 3.03. The van der Waals surface area contributed by atoms with E-state index in [4.69, 9.17) is 4.74 Å². The quantitative estimate of drug-likeness (QED) is 0.904. The van der Waals surface area contributed by atoms with Gasteiger partial charge in [0.25, 0.3) is 0 Å². The Morgan fingerprint density at radius 2 is 1.92 bits per heavy atom. The normalized spacial score (nSPS) is 23.1. The summed E-state index contributed by atoms with van der Waals surface area (Å²) in [7, 11) is 4.34. The van der Waals surface area contributed by atoms with Crippen LogP contribution in [0.15, 0.2) is 6.33 Å². The number of nitrogens with one attached hydrogen (secondary N) is 1.